The van der Waals surface area contributed by atoms with Gasteiger partial charge < -0.3 is 0 Å². The van der Waals surface area contributed by atoms with Crippen LogP contribution >= 0.6 is 11.6 Å². The lowest BCUT2D eigenvalue weighted by Crippen LogP contribution is -2.14. The van der Waals surface area contributed by atoms with Crippen LogP contribution in [0, 0.1) is 13.8 Å². The molecule has 0 unspecified atom stereocenters. The molecule has 2 aromatic rings. The summed E-state index contributed by atoms with van der Waals surface area (Å²) in [5, 5.41) is 0.495. The van der Waals surface area contributed by atoms with E-state index in [0.717, 1.165) is 11.3 Å². The van der Waals surface area contributed by atoms with E-state index in [1.807, 2.05) is 6.07 Å². The molecule has 100 valence electrons. The number of hydrogen-bond acceptors (Lipinski definition) is 2. The summed E-state index contributed by atoms with van der Waals surface area (Å²) in [6, 6.07) is 8.11. The van der Waals surface area contributed by atoms with E-state index in [4.69, 9.17) is 11.6 Å². The zero-order valence-corrected chi connectivity index (χ0v) is 12.8. The second kappa shape index (κ2) is 4.93. The lowest BCUT2D eigenvalue weighted by molar-refractivity contribution is 0.568. The predicted molar refractivity (Wildman–Crippen MR) is 80.7 cm³/mol. The van der Waals surface area contributed by atoms with Crippen LogP contribution < -0.4 is 0 Å². The molecule has 3 heteroatoms. The van der Waals surface area contributed by atoms with Crippen molar-refractivity contribution >= 4 is 11.6 Å². The minimum absolute atomic E-state index is 0.0417. The molecule has 2 rings (SSSR count). The molecule has 0 bridgehead atoms. The molecule has 0 radical (unpaired) electrons. The van der Waals surface area contributed by atoms with Crippen molar-refractivity contribution in [1.82, 2.24) is 9.97 Å². The maximum atomic E-state index is 6.14. The summed E-state index contributed by atoms with van der Waals surface area (Å²) in [4.78, 5) is 9.03. The Hall–Kier alpha value is -1.41. The zero-order valence-electron chi connectivity index (χ0n) is 12.1. The first-order valence-electron chi connectivity index (χ1n) is 6.40. The van der Waals surface area contributed by atoms with Crippen LogP contribution in [0.5, 0.6) is 0 Å². The molecule has 0 aliphatic heterocycles. The van der Waals surface area contributed by atoms with Crippen molar-refractivity contribution in [3.63, 3.8) is 0 Å². The molecular formula is C16H19ClN2. The smallest absolute Gasteiger partial charge is 0.161 e. The standard InChI is InChI=1S/C16H19ClN2/c1-10-6-7-12(11(2)8-10)15-18-13(16(3,4)5)9-14(17)19-15/h6-9H,1-5H3. The number of benzene rings is 1. The van der Waals surface area contributed by atoms with Crippen LogP contribution in [0.3, 0.4) is 0 Å². The Balaban J connectivity index is 2.59. The van der Waals surface area contributed by atoms with Crippen LogP contribution in [0.15, 0.2) is 24.3 Å². The van der Waals surface area contributed by atoms with Crippen LogP contribution in [0.2, 0.25) is 5.15 Å². The van der Waals surface area contributed by atoms with E-state index in [-0.39, 0.29) is 5.41 Å². The van der Waals surface area contributed by atoms with Gasteiger partial charge in [0.25, 0.3) is 0 Å². The van der Waals surface area contributed by atoms with Crippen molar-refractivity contribution in [2.75, 3.05) is 0 Å². The molecule has 1 heterocycles. The number of aromatic nitrogens is 2. The third kappa shape index (κ3) is 3.13. The molecule has 0 fully saturated rings. The summed E-state index contributed by atoms with van der Waals surface area (Å²) in [6.07, 6.45) is 0. The van der Waals surface area contributed by atoms with Gasteiger partial charge in [-0.25, -0.2) is 9.97 Å². The minimum atomic E-state index is -0.0417. The molecule has 0 atom stereocenters. The van der Waals surface area contributed by atoms with Crippen LogP contribution in [0.25, 0.3) is 11.4 Å². The first-order chi connectivity index (χ1) is 8.77. The first-order valence-corrected chi connectivity index (χ1v) is 6.78. The van der Waals surface area contributed by atoms with Crippen LogP contribution in [-0.4, -0.2) is 9.97 Å². The van der Waals surface area contributed by atoms with Gasteiger partial charge in [-0.15, -0.1) is 0 Å². The summed E-state index contributed by atoms with van der Waals surface area (Å²) >= 11 is 6.14. The highest BCUT2D eigenvalue weighted by molar-refractivity contribution is 6.29. The van der Waals surface area contributed by atoms with Gasteiger partial charge in [-0.05, 0) is 25.5 Å². The molecule has 2 nitrogen and oxygen atoms in total. The molecular weight excluding hydrogens is 256 g/mol. The Morgan fingerprint density at radius 3 is 2.26 bits per heavy atom. The van der Waals surface area contributed by atoms with Crippen molar-refractivity contribution < 1.29 is 0 Å². The summed E-state index contributed by atoms with van der Waals surface area (Å²) in [6.45, 7) is 10.5. The number of hydrogen-bond donors (Lipinski definition) is 0. The lowest BCUT2D eigenvalue weighted by Gasteiger charge is -2.19. The van der Waals surface area contributed by atoms with Crippen molar-refractivity contribution in [3.05, 3.63) is 46.2 Å². The Morgan fingerprint density at radius 2 is 1.68 bits per heavy atom. The second-order valence-corrected chi connectivity index (χ2v) is 6.36. The Morgan fingerprint density at radius 1 is 1.00 bits per heavy atom. The quantitative estimate of drug-likeness (QED) is 0.704. The highest BCUT2D eigenvalue weighted by Gasteiger charge is 2.18. The molecule has 0 aliphatic rings. The lowest BCUT2D eigenvalue weighted by atomic mass is 9.92. The van der Waals surface area contributed by atoms with Crippen molar-refractivity contribution in [2.45, 2.75) is 40.0 Å². The Kier molecular flexibility index (Phi) is 3.64. The molecule has 0 spiro atoms. The van der Waals surface area contributed by atoms with Crippen molar-refractivity contribution in [3.8, 4) is 11.4 Å². The largest absolute Gasteiger partial charge is 0.232 e. The number of halogens is 1. The molecule has 0 saturated carbocycles. The van der Waals surface area contributed by atoms with Gasteiger partial charge in [0.1, 0.15) is 5.15 Å². The molecule has 0 aliphatic carbocycles. The van der Waals surface area contributed by atoms with E-state index < -0.39 is 0 Å². The van der Waals surface area contributed by atoms with Gasteiger partial charge in [-0.2, -0.15) is 0 Å². The molecule has 1 aromatic heterocycles. The molecule has 1 aromatic carbocycles. The number of rotatable bonds is 1. The van der Waals surface area contributed by atoms with Crippen LogP contribution in [0.1, 0.15) is 37.6 Å². The average molecular weight is 275 g/mol. The monoisotopic (exact) mass is 274 g/mol. The fraction of sp³-hybridized carbons (Fsp3) is 0.375. The fourth-order valence-corrected chi connectivity index (χ4v) is 2.17. The molecule has 19 heavy (non-hydrogen) atoms. The van der Waals surface area contributed by atoms with E-state index >= 15 is 0 Å². The summed E-state index contributed by atoms with van der Waals surface area (Å²) in [7, 11) is 0. The molecule has 0 amide bonds. The van der Waals surface area contributed by atoms with E-state index in [0.29, 0.717) is 11.0 Å². The van der Waals surface area contributed by atoms with Crippen molar-refractivity contribution in [2.24, 2.45) is 0 Å². The van der Waals surface area contributed by atoms with Gasteiger partial charge in [-0.3, -0.25) is 0 Å². The highest BCUT2D eigenvalue weighted by atomic mass is 35.5. The van der Waals surface area contributed by atoms with E-state index in [1.165, 1.54) is 11.1 Å². The summed E-state index contributed by atoms with van der Waals surface area (Å²) < 4.78 is 0. The van der Waals surface area contributed by atoms with Gasteiger partial charge in [-0.1, -0.05) is 56.1 Å². The normalized spacial score (nSPS) is 11.7. The average Bonchev–Trinajstić information content (AvgIpc) is 2.26. The van der Waals surface area contributed by atoms with Gasteiger partial charge >= 0.3 is 0 Å². The summed E-state index contributed by atoms with van der Waals surface area (Å²) in [5.74, 6) is 0.704. The second-order valence-electron chi connectivity index (χ2n) is 5.97. The van der Waals surface area contributed by atoms with Gasteiger partial charge in [0.2, 0.25) is 0 Å². The van der Waals surface area contributed by atoms with Crippen LogP contribution in [0.4, 0.5) is 0 Å². The maximum absolute atomic E-state index is 6.14. The minimum Gasteiger partial charge on any atom is -0.232 e. The Labute approximate surface area is 119 Å². The molecule has 0 saturated heterocycles. The summed E-state index contributed by atoms with van der Waals surface area (Å²) in [5.41, 5.74) is 4.36. The van der Waals surface area contributed by atoms with Gasteiger partial charge in [0, 0.05) is 11.0 Å². The Bertz CT molecular complexity index is 613. The zero-order chi connectivity index (χ0) is 14.2. The number of nitrogens with zero attached hydrogens (tertiary/aromatic N) is 2. The van der Waals surface area contributed by atoms with Gasteiger partial charge in [0.05, 0.1) is 5.69 Å². The van der Waals surface area contributed by atoms with E-state index in [2.05, 4.69) is 62.8 Å². The first kappa shape index (κ1) is 14.0. The van der Waals surface area contributed by atoms with E-state index in [1.54, 1.807) is 0 Å². The predicted octanol–water partition coefficient (Wildman–Crippen LogP) is 4.71. The highest BCUT2D eigenvalue weighted by Crippen LogP contribution is 2.27. The van der Waals surface area contributed by atoms with Crippen molar-refractivity contribution in [1.29, 1.82) is 0 Å². The SMILES string of the molecule is Cc1ccc(-c2nc(Cl)cc(C(C)(C)C)n2)c(C)c1. The third-order valence-corrected chi connectivity index (χ3v) is 3.28. The molecule has 0 N–H and O–H groups in total. The topological polar surface area (TPSA) is 25.8 Å². The number of aryl methyl sites for hydroxylation is 2. The maximum Gasteiger partial charge on any atom is 0.161 e. The van der Waals surface area contributed by atoms with Gasteiger partial charge in [0.15, 0.2) is 5.82 Å². The van der Waals surface area contributed by atoms with E-state index in [9.17, 15) is 0 Å². The third-order valence-electron chi connectivity index (χ3n) is 3.09. The van der Waals surface area contributed by atoms with Crippen LogP contribution in [-0.2, 0) is 5.41 Å². The fourth-order valence-electron chi connectivity index (χ4n) is 1.99.